The summed E-state index contributed by atoms with van der Waals surface area (Å²) in [5.41, 5.74) is 8.17. The molecule has 94 valence electrons. The number of hydrogen-bond donors (Lipinski definition) is 1. The van der Waals surface area contributed by atoms with Gasteiger partial charge in [-0.25, -0.2) is 4.98 Å². The Morgan fingerprint density at radius 3 is 2.61 bits per heavy atom. The lowest BCUT2D eigenvalue weighted by atomic mass is 10.0. The van der Waals surface area contributed by atoms with Crippen LogP contribution in [0.25, 0.3) is 0 Å². The van der Waals surface area contributed by atoms with Crippen molar-refractivity contribution in [2.75, 3.05) is 7.11 Å². The fourth-order valence-corrected chi connectivity index (χ4v) is 1.85. The molecule has 4 nitrogen and oxygen atoms in total. The van der Waals surface area contributed by atoms with Crippen LogP contribution in [-0.2, 0) is 6.42 Å². The van der Waals surface area contributed by atoms with Crippen LogP contribution in [0.1, 0.15) is 23.1 Å². The zero-order chi connectivity index (χ0) is 13.0. The number of benzene rings is 1. The van der Waals surface area contributed by atoms with Crippen molar-refractivity contribution >= 4 is 0 Å². The lowest BCUT2D eigenvalue weighted by molar-refractivity contribution is 0.394. The molecule has 1 unspecified atom stereocenters. The van der Waals surface area contributed by atoms with Gasteiger partial charge < -0.3 is 10.5 Å². The molecule has 2 rings (SSSR count). The summed E-state index contributed by atoms with van der Waals surface area (Å²) in [6.45, 7) is 1.85. The van der Waals surface area contributed by atoms with Crippen molar-refractivity contribution in [3.8, 4) is 5.88 Å². The van der Waals surface area contributed by atoms with Crippen LogP contribution in [0.2, 0.25) is 0 Å². The maximum absolute atomic E-state index is 6.17. The van der Waals surface area contributed by atoms with Gasteiger partial charge in [0.1, 0.15) is 5.82 Å². The fraction of sp³-hybridized carbons (Fsp3) is 0.286. The quantitative estimate of drug-likeness (QED) is 0.892. The molecule has 0 fully saturated rings. The van der Waals surface area contributed by atoms with E-state index in [-0.39, 0.29) is 6.04 Å². The van der Waals surface area contributed by atoms with Crippen molar-refractivity contribution in [3.05, 3.63) is 53.5 Å². The zero-order valence-corrected chi connectivity index (χ0v) is 10.6. The summed E-state index contributed by atoms with van der Waals surface area (Å²) in [6.07, 6.45) is 0.670. The number of nitrogens with zero attached hydrogens (tertiary/aromatic N) is 2. The Morgan fingerprint density at radius 2 is 1.94 bits per heavy atom. The Kier molecular flexibility index (Phi) is 3.89. The highest BCUT2D eigenvalue weighted by molar-refractivity contribution is 5.22. The van der Waals surface area contributed by atoms with E-state index in [0.717, 1.165) is 11.3 Å². The van der Waals surface area contributed by atoms with Crippen LogP contribution in [0.3, 0.4) is 0 Å². The van der Waals surface area contributed by atoms with E-state index in [2.05, 4.69) is 9.97 Å². The van der Waals surface area contributed by atoms with Gasteiger partial charge in [0.15, 0.2) is 0 Å². The fourth-order valence-electron chi connectivity index (χ4n) is 1.85. The molecule has 1 aromatic carbocycles. The van der Waals surface area contributed by atoms with Crippen LogP contribution >= 0.6 is 0 Å². The first-order chi connectivity index (χ1) is 8.69. The second-order valence-electron chi connectivity index (χ2n) is 4.17. The van der Waals surface area contributed by atoms with Crippen molar-refractivity contribution in [3.63, 3.8) is 0 Å². The Balaban J connectivity index is 2.16. The molecular formula is C14H17N3O. The van der Waals surface area contributed by atoms with Crippen LogP contribution in [0.5, 0.6) is 5.88 Å². The van der Waals surface area contributed by atoms with E-state index in [0.29, 0.717) is 18.1 Å². The largest absolute Gasteiger partial charge is 0.481 e. The average Bonchev–Trinajstić information content (AvgIpc) is 2.39. The van der Waals surface area contributed by atoms with Gasteiger partial charge in [0.05, 0.1) is 7.11 Å². The smallest absolute Gasteiger partial charge is 0.216 e. The Labute approximate surface area is 107 Å². The van der Waals surface area contributed by atoms with Gasteiger partial charge in [-0.15, -0.1) is 0 Å². The van der Waals surface area contributed by atoms with E-state index in [1.54, 1.807) is 7.11 Å². The van der Waals surface area contributed by atoms with Crippen LogP contribution in [0.15, 0.2) is 36.4 Å². The number of rotatable bonds is 4. The number of aryl methyl sites for hydroxylation is 1. The molecule has 0 saturated carbocycles. The SMILES string of the molecule is COc1cc(CC(N)c2ccccc2)nc(C)n1. The van der Waals surface area contributed by atoms with Crippen molar-refractivity contribution in [1.82, 2.24) is 9.97 Å². The van der Waals surface area contributed by atoms with Crippen molar-refractivity contribution < 1.29 is 4.74 Å². The van der Waals surface area contributed by atoms with E-state index in [9.17, 15) is 0 Å². The Bertz CT molecular complexity index is 514. The normalized spacial score (nSPS) is 12.2. The lowest BCUT2D eigenvalue weighted by Crippen LogP contribution is -2.14. The van der Waals surface area contributed by atoms with Crippen LogP contribution < -0.4 is 10.5 Å². The summed E-state index contributed by atoms with van der Waals surface area (Å²) in [5.74, 6) is 1.28. The average molecular weight is 243 g/mol. The minimum atomic E-state index is -0.0646. The third kappa shape index (κ3) is 3.05. The molecule has 18 heavy (non-hydrogen) atoms. The maximum atomic E-state index is 6.17. The van der Waals surface area contributed by atoms with Crippen molar-refractivity contribution in [2.24, 2.45) is 5.73 Å². The first-order valence-electron chi connectivity index (χ1n) is 5.88. The standard InChI is InChI=1S/C14H17N3O/c1-10-16-12(9-14(17-10)18-2)8-13(15)11-6-4-3-5-7-11/h3-7,9,13H,8,15H2,1-2H3. The van der Waals surface area contributed by atoms with Gasteiger partial charge in [0, 0.05) is 24.2 Å². The van der Waals surface area contributed by atoms with E-state index in [1.807, 2.05) is 43.3 Å². The predicted molar refractivity (Wildman–Crippen MR) is 70.4 cm³/mol. The van der Waals surface area contributed by atoms with Gasteiger partial charge in [-0.2, -0.15) is 4.98 Å². The summed E-state index contributed by atoms with van der Waals surface area (Å²) in [4.78, 5) is 8.53. The molecule has 0 aliphatic carbocycles. The molecule has 0 bridgehead atoms. The number of aromatic nitrogens is 2. The molecule has 4 heteroatoms. The summed E-state index contributed by atoms with van der Waals surface area (Å²) < 4.78 is 5.13. The summed E-state index contributed by atoms with van der Waals surface area (Å²) in [7, 11) is 1.60. The van der Waals surface area contributed by atoms with E-state index in [1.165, 1.54) is 0 Å². The molecule has 1 aromatic heterocycles. The van der Waals surface area contributed by atoms with Crippen LogP contribution in [0, 0.1) is 6.92 Å². The molecule has 0 radical (unpaired) electrons. The molecule has 2 aromatic rings. The number of hydrogen-bond acceptors (Lipinski definition) is 4. The highest BCUT2D eigenvalue weighted by Crippen LogP contribution is 2.17. The first kappa shape index (κ1) is 12.5. The highest BCUT2D eigenvalue weighted by atomic mass is 16.5. The molecule has 1 atom stereocenters. The molecule has 0 aliphatic rings. The predicted octanol–water partition coefficient (Wildman–Crippen LogP) is 2.04. The topological polar surface area (TPSA) is 61.0 Å². The Morgan fingerprint density at radius 1 is 1.22 bits per heavy atom. The van der Waals surface area contributed by atoms with Gasteiger partial charge in [-0.1, -0.05) is 30.3 Å². The van der Waals surface area contributed by atoms with Crippen LogP contribution in [0.4, 0.5) is 0 Å². The van der Waals surface area contributed by atoms with Gasteiger partial charge in [0.25, 0.3) is 0 Å². The van der Waals surface area contributed by atoms with E-state index >= 15 is 0 Å². The molecule has 0 amide bonds. The number of nitrogens with two attached hydrogens (primary N) is 1. The van der Waals surface area contributed by atoms with E-state index in [4.69, 9.17) is 10.5 Å². The minimum absolute atomic E-state index is 0.0646. The van der Waals surface area contributed by atoms with Gasteiger partial charge in [-0.3, -0.25) is 0 Å². The van der Waals surface area contributed by atoms with Crippen molar-refractivity contribution in [2.45, 2.75) is 19.4 Å². The van der Waals surface area contributed by atoms with Gasteiger partial charge in [-0.05, 0) is 12.5 Å². The molecule has 0 spiro atoms. The molecule has 2 N–H and O–H groups in total. The number of methoxy groups -OCH3 is 1. The monoisotopic (exact) mass is 243 g/mol. The molecular weight excluding hydrogens is 226 g/mol. The summed E-state index contributed by atoms with van der Waals surface area (Å²) in [5, 5.41) is 0. The second kappa shape index (κ2) is 5.60. The molecule has 0 saturated heterocycles. The number of ether oxygens (including phenoxy) is 1. The van der Waals surface area contributed by atoms with E-state index < -0.39 is 0 Å². The van der Waals surface area contributed by atoms with Crippen LogP contribution in [-0.4, -0.2) is 17.1 Å². The highest BCUT2D eigenvalue weighted by Gasteiger charge is 2.09. The third-order valence-electron chi connectivity index (χ3n) is 2.73. The maximum Gasteiger partial charge on any atom is 0.216 e. The summed E-state index contributed by atoms with van der Waals surface area (Å²) >= 11 is 0. The summed E-state index contributed by atoms with van der Waals surface area (Å²) in [6, 6.07) is 11.8. The third-order valence-corrected chi connectivity index (χ3v) is 2.73. The minimum Gasteiger partial charge on any atom is -0.481 e. The lowest BCUT2D eigenvalue weighted by Gasteiger charge is -2.12. The molecule has 1 heterocycles. The van der Waals surface area contributed by atoms with Gasteiger partial charge in [0.2, 0.25) is 5.88 Å². The second-order valence-corrected chi connectivity index (χ2v) is 4.17. The molecule has 0 aliphatic heterocycles. The van der Waals surface area contributed by atoms with Crippen molar-refractivity contribution in [1.29, 1.82) is 0 Å². The van der Waals surface area contributed by atoms with Gasteiger partial charge >= 0.3 is 0 Å². The Hall–Kier alpha value is -1.94. The first-order valence-corrected chi connectivity index (χ1v) is 5.88. The zero-order valence-electron chi connectivity index (χ0n) is 10.6.